The Morgan fingerprint density at radius 1 is 1.14 bits per heavy atom. The van der Waals surface area contributed by atoms with Crippen LogP contribution in [0.4, 0.5) is 0 Å². The second-order valence-electron chi connectivity index (χ2n) is 5.32. The van der Waals surface area contributed by atoms with Crippen LogP contribution in [0.25, 0.3) is 0 Å². The van der Waals surface area contributed by atoms with Crippen LogP contribution in [0.3, 0.4) is 0 Å². The molecule has 1 aliphatic heterocycles. The van der Waals surface area contributed by atoms with Crippen LogP contribution in [0.2, 0.25) is 0 Å². The minimum atomic E-state index is -0.280. The first kappa shape index (κ1) is 14.4. The molecule has 3 rings (SSSR count). The van der Waals surface area contributed by atoms with Crippen LogP contribution in [0.1, 0.15) is 28.9 Å². The summed E-state index contributed by atoms with van der Waals surface area (Å²) >= 11 is 0. The molecule has 1 amide bonds. The topological polar surface area (TPSA) is 62.4 Å². The molecular weight excluding hydrogens is 280 g/mol. The number of hydrogen-bond donors (Lipinski definition) is 1. The van der Waals surface area contributed by atoms with Gasteiger partial charge in [0.1, 0.15) is 6.61 Å². The number of hydrogen-bond acceptors (Lipinski definition) is 3. The van der Waals surface area contributed by atoms with Crippen molar-refractivity contribution in [2.24, 2.45) is 0 Å². The Morgan fingerprint density at radius 2 is 1.86 bits per heavy atom. The fraction of sp³-hybridized carbons (Fsp3) is 0.294. The Hall–Kier alpha value is -2.56. The maximum Gasteiger partial charge on any atom is 0.274 e. The van der Waals surface area contributed by atoms with E-state index in [-0.39, 0.29) is 29.4 Å². The van der Waals surface area contributed by atoms with Crippen molar-refractivity contribution in [2.75, 3.05) is 13.1 Å². The summed E-state index contributed by atoms with van der Waals surface area (Å²) in [6.07, 6.45) is 3.49. The number of aromatic nitrogens is 1. The molecule has 1 saturated heterocycles. The van der Waals surface area contributed by atoms with E-state index >= 15 is 0 Å². The number of H-pyrrole nitrogens is 1. The van der Waals surface area contributed by atoms with Gasteiger partial charge in [-0.2, -0.15) is 0 Å². The van der Waals surface area contributed by atoms with E-state index in [4.69, 9.17) is 4.74 Å². The molecule has 0 saturated carbocycles. The zero-order valence-electron chi connectivity index (χ0n) is 12.2. The Kier molecular flexibility index (Phi) is 4.23. The standard InChI is InChI=1S/C17H18N2O3/c20-14-8-9-18-15(17(21)19-10-4-5-11-19)16(14)22-12-13-6-2-1-3-7-13/h1-3,6-9H,4-5,10-12H2,(H,18,20). The molecule has 0 radical (unpaired) electrons. The van der Waals surface area contributed by atoms with Crippen molar-refractivity contribution in [1.82, 2.24) is 9.88 Å². The molecule has 0 atom stereocenters. The van der Waals surface area contributed by atoms with E-state index < -0.39 is 0 Å². The van der Waals surface area contributed by atoms with Crippen LogP contribution in [-0.4, -0.2) is 28.9 Å². The molecule has 5 heteroatoms. The molecule has 1 aromatic carbocycles. The van der Waals surface area contributed by atoms with Crippen LogP contribution in [0.5, 0.6) is 5.75 Å². The van der Waals surface area contributed by atoms with Crippen molar-refractivity contribution in [1.29, 1.82) is 0 Å². The molecule has 1 fully saturated rings. The number of nitrogens with zero attached hydrogens (tertiary/aromatic N) is 1. The van der Waals surface area contributed by atoms with Crippen molar-refractivity contribution < 1.29 is 9.53 Å². The number of aromatic amines is 1. The second kappa shape index (κ2) is 6.47. The van der Waals surface area contributed by atoms with Gasteiger partial charge in [0.15, 0.2) is 11.4 Å². The number of rotatable bonds is 4. The van der Waals surface area contributed by atoms with Gasteiger partial charge >= 0.3 is 0 Å². The summed E-state index contributed by atoms with van der Waals surface area (Å²) < 4.78 is 5.64. The molecule has 114 valence electrons. The number of ether oxygens (including phenoxy) is 1. The summed E-state index contributed by atoms with van der Waals surface area (Å²) in [5, 5.41) is 0. The molecule has 0 spiro atoms. The molecule has 5 nitrogen and oxygen atoms in total. The van der Waals surface area contributed by atoms with Crippen LogP contribution in [0.15, 0.2) is 47.4 Å². The first-order valence-corrected chi connectivity index (χ1v) is 7.43. The Bertz CT molecular complexity index is 703. The zero-order chi connectivity index (χ0) is 15.4. The van der Waals surface area contributed by atoms with Gasteiger partial charge in [0.2, 0.25) is 5.43 Å². The summed E-state index contributed by atoms with van der Waals surface area (Å²) in [5.41, 5.74) is 0.910. The molecule has 2 heterocycles. The van der Waals surface area contributed by atoms with E-state index in [0.717, 1.165) is 31.5 Å². The van der Waals surface area contributed by atoms with Gasteiger partial charge in [-0.25, -0.2) is 0 Å². The number of nitrogens with one attached hydrogen (secondary N) is 1. The predicted molar refractivity (Wildman–Crippen MR) is 83.0 cm³/mol. The van der Waals surface area contributed by atoms with E-state index in [1.807, 2.05) is 30.3 Å². The first-order valence-electron chi connectivity index (χ1n) is 7.43. The van der Waals surface area contributed by atoms with Gasteiger partial charge in [-0.05, 0) is 18.4 Å². The molecule has 1 N–H and O–H groups in total. The maximum absolute atomic E-state index is 12.5. The molecule has 2 aromatic rings. The lowest BCUT2D eigenvalue weighted by molar-refractivity contribution is 0.0781. The third-order valence-corrected chi connectivity index (χ3v) is 3.75. The third-order valence-electron chi connectivity index (χ3n) is 3.75. The lowest BCUT2D eigenvalue weighted by Gasteiger charge is -2.17. The number of benzene rings is 1. The van der Waals surface area contributed by atoms with Crippen LogP contribution in [0, 0.1) is 0 Å². The fourth-order valence-electron chi connectivity index (χ4n) is 2.58. The lowest BCUT2D eigenvalue weighted by Crippen LogP contribution is -2.30. The van der Waals surface area contributed by atoms with Crippen LogP contribution < -0.4 is 10.2 Å². The Balaban J connectivity index is 1.83. The normalized spacial score (nSPS) is 14.1. The Morgan fingerprint density at radius 3 is 2.59 bits per heavy atom. The van der Waals surface area contributed by atoms with Gasteiger partial charge in [0.25, 0.3) is 5.91 Å². The molecule has 0 bridgehead atoms. The summed E-state index contributed by atoms with van der Waals surface area (Å²) in [6, 6.07) is 10.9. The van der Waals surface area contributed by atoms with Gasteiger partial charge in [0.05, 0.1) is 0 Å². The Labute approximate surface area is 128 Å². The number of carbonyl (C=O) groups is 1. The van der Waals surface area contributed by atoms with E-state index in [1.54, 1.807) is 4.90 Å². The molecular formula is C17H18N2O3. The summed E-state index contributed by atoms with van der Waals surface area (Å²) in [4.78, 5) is 29.2. The molecule has 0 aliphatic carbocycles. The molecule has 22 heavy (non-hydrogen) atoms. The van der Waals surface area contributed by atoms with Gasteiger partial charge in [-0.3, -0.25) is 9.59 Å². The van der Waals surface area contributed by atoms with Crippen molar-refractivity contribution in [3.05, 3.63) is 64.1 Å². The summed E-state index contributed by atoms with van der Waals surface area (Å²) in [6.45, 7) is 1.72. The number of likely N-dealkylation sites (tertiary alicyclic amines) is 1. The van der Waals surface area contributed by atoms with E-state index in [1.165, 1.54) is 12.3 Å². The number of pyridine rings is 1. The highest BCUT2D eigenvalue weighted by molar-refractivity contribution is 5.95. The number of amides is 1. The average Bonchev–Trinajstić information content (AvgIpc) is 3.08. The monoisotopic (exact) mass is 298 g/mol. The largest absolute Gasteiger partial charge is 0.483 e. The smallest absolute Gasteiger partial charge is 0.274 e. The molecule has 1 aromatic heterocycles. The van der Waals surface area contributed by atoms with E-state index in [0.29, 0.717) is 0 Å². The highest BCUT2D eigenvalue weighted by Gasteiger charge is 2.24. The zero-order valence-corrected chi connectivity index (χ0v) is 12.2. The van der Waals surface area contributed by atoms with Crippen LogP contribution in [-0.2, 0) is 6.61 Å². The third kappa shape index (κ3) is 3.03. The summed E-state index contributed by atoms with van der Waals surface area (Å²) in [7, 11) is 0. The highest BCUT2D eigenvalue weighted by atomic mass is 16.5. The van der Waals surface area contributed by atoms with Crippen molar-refractivity contribution >= 4 is 5.91 Å². The van der Waals surface area contributed by atoms with E-state index in [2.05, 4.69) is 4.98 Å². The van der Waals surface area contributed by atoms with E-state index in [9.17, 15) is 9.59 Å². The fourth-order valence-corrected chi connectivity index (χ4v) is 2.58. The number of carbonyl (C=O) groups excluding carboxylic acids is 1. The SMILES string of the molecule is O=C(c1[nH]ccc(=O)c1OCc1ccccc1)N1CCCC1. The maximum atomic E-state index is 12.5. The lowest BCUT2D eigenvalue weighted by atomic mass is 10.2. The van der Waals surface area contributed by atoms with Crippen molar-refractivity contribution in [3.63, 3.8) is 0 Å². The van der Waals surface area contributed by atoms with Crippen molar-refractivity contribution in [3.8, 4) is 5.75 Å². The predicted octanol–water partition coefficient (Wildman–Crippen LogP) is 2.19. The highest BCUT2D eigenvalue weighted by Crippen LogP contribution is 2.18. The minimum absolute atomic E-state index is 0.100. The van der Waals surface area contributed by atoms with Crippen molar-refractivity contribution in [2.45, 2.75) is 19.4 Å². The van der Waals surface area contributed by atoms with Gasteiger partial charge in [-0.1, -0.05) is 30.3 Å². The summed E-state index contributed by atoms with van der Waals surface area (Å²) in [5.74, 6) is -0.0680. The minimum Gasteiger partial charge on any atom is -0.483 e. The molecule has 0 unspecified atom stereocenters. The molecule has 1 aliphatic rings. The van der Waals surface area contributed by atoms with Crippen LogP contribution >= 0.6 is 0 Å². The quantitative estimate of drug-likeness (QED) is 0.941. The average molecular weight is 298 g/mol. The first-order chi connectivity index (χ1) is 10.8. The second-order valence-corrected chi connectivity index (χ2v) is 5.32. The van der Waals surface area contributed by atoms with Gasteiger partial charge in [0, 0.05) is 25.4 Å². The van der Waals surface area contributed by atoms with Gasteiger partial charge < -0.3 is 14.6 Å². The van der Waals surface area contributed by atoms with Gasteiger partial charge in [-0.15, -0.1) is 0 Å².